The van der Waals surface area contributed by atoms with Crippen molar-refractivity contribution in [2.75, 3.05) is 0 Å². The molecule has 0 saturated carbocycles. The van der Waals surface area contributed by atoms with Crippen LogP contribution in [0.1, 0.15) is 36.1 Å². The predicted molar refractivity (Wildman–Crippen MR) is 78.1 cm³/mol. The minimum absolute atomic E-state index is 0.0553. The van der Waals surface area contributed by atoms with E-state index in [1.54, 1.807) is 6.07 Å². The summed E-state index contributed by atoms with van der Waals surface area (Å²) in [6.45, 7) is 2.55. The van der Waals surface area contributed by atoms with Gasteiger partial charge in [-0.1, -0.05) is 41.9 Å². The Bertz CT molecular complexity index is 572. The molecular weight excluding hydrogens is 280 g/mol. The van der Waals surface area contributed by atoms with E-state index in [-0.39, 0.29) is 11.6 Å². The maximum absolute atomic E-state index is 12.6. The average Bonchev–Trinajstić information content (AvgIpc) is 2.45. The SMILES string of the molecule is CC(NCc1cccc(C(F)F)c1)c1cccc(Cl)c1. The smallest absolute Gasteiger partial charge is 0.263 e. The fraction of sp³-hybridized carbons (Fsp3) is 0.250. The van der Waals surface area contributed by atoms with Crippen LogP contribution in [0.2, 0.25) is 5.02 Å². The highest BCUT2D eigenvalue weighted by atomic mass is 35.5. The fourth-order valence-electron chi connectivity index (χ4n) is 2.00. The van der Waals surface area contributed by atoms with Gasteiger partial charge in [0.2, 0.25) is 0 Å². The molecule has 1 atom stereocenters. The molecule has 20 heavy (non-hydrogen) atoms. The molecule has 0 saturated heterocycles. The van der Waals surface area contributed by atoms with Gasteiger partial charge in [0, 0.05) is 23.2 Å². The summed E-state index contributed by atoms with van der Waals surface area (Å²) in [6.07, 6.45) is -2.43. The van der Waals surface area contributed by atoms with Gasteiger partial charge in [0.15, 0.2) is 0 Å². The molecule has 106 valence electrons. The van der Waals surface area contributed by atoms with E-state index in [0.717, 1.165) is 11.1 Å². The molecule has 0 aliphatic carbocycles. The van der Waals surface area contributed by atoms with Gasteiger partial charge >= 0.3 is 0 Å². The molecule has 0 aromatic heterocycles. The lowest BCUT2D eigenvalue weighted by molar-refractivity contribution is 0.151. The molecule has 0 heterocycles. The van der Waals surface area contributed by atoms with Gasteiger partial charge in [-0.2, -0.15) is 0 Å². The van der Waals surface area contributed by atoms with Gasteiger partial charge in [-0.15, -0.1) is 0 Å². The number of nitrogens with one attached hydrogen (secondary N) is 1. The van der Waals surface area contributed by atoms with Crippen molar-refractivity contribution < 1.29 is 8.78 Å². The Morgan fingerprint density at radius 2 is 1.75 bits per heavy atom. The molecule has 4 heteroatoms. The summed E-state index contributed by atoms with van der Waals surface area (Å²) in [5.41, 5.74) is 1.97. The van der Waals surface area contributed by atoms with Gasteiger partial charge < -0.3 is 5.32 Å². The van der Waals surface area contributed by atoms with Crippen molar-refractivity contribution in [1.82, 2.24) is 5.32 Å². The summed E-state index contributed by atoms with van der Waals surface area (Å²) in [6, 6.07) is 14.2. The minimum Gasteiger partial charge on any atom is -0.306 e. The van der Waals surface area contributed by atoms with Crippen LogP contribution >= 0.6 is 11.6 Å². The van der Waals surface area contributed by atoms with E-state index in [9.17, 15) is 8.78 Å². The van der Waals surface area contributed by atoms with Crippen LogP contribution in [0.4, 0.5) is 8.78 Å². The van der Waals surface area contributed by atoms with Gasteiger partial charge in [-0.3, -0.25) is 0 Å². The van der Waals surface area contributed by atoms with Crippen molar-refractivity contribution in [2.24, 2.45) is 0 Å². The molecule has 0 aliphatic heterocycles. The van der Waals surface area contributed by atoms with Crippen molar-refractivity contribution in [2.45, 2.75) is 25.9 Å². The molecule has 0 radical (unpaired) electrons. The zero-order valence-electron chi connectivity index (χ0n) is 11.1. The summed E-state index contributed by atoms with van der Waals surface area (Å²) in [5.74, 6) is 0. The van der Waals surface area contributed by atoms with Gasteiger partial charge in [0.25, 0.3) is 6.43 Å². The van der Waals surface area contributed by atoms with Crippen LogP contribution in [0.3, 0.4) is 0 Å². The Morgan fingerprint density at radius 3 is 2.45 bits per heavy atom. The lowest BCUT2D eigenvalue weighted by Crippen LogP contribution is -2.18. The summed E-state index contributed by atoms with van der Waals surface area (Å²) in [7, 11) is 0. The van der Waals surface area contributed by atoms with Gasteiger partial charge in [0.1, 0.15) is 0 Å². The largest absolute Gasteiger partial charge is 0.306 e. The highest BCUT2D eigenvalue weighted by Crippen LogP contribution is 2.21. The third kappa shape index (κ3) is 4.02. The standard InChI is InChI=1S/C16H16ClF2N/c1-11(13-5-3-7-15(17)9-13)20-10-12-4-2-6-14(8-12)16(18)19/h2-9,11,16,20H,10H2,1H3. The summed E-state index contributed by atoms with van der Waals surface area (Å²) in [4.78, 5) is 0. The second-order valence-electron chi connectivity index (χ2n) is 4.70. The third-order valence-electron chi connectivity index (χ3n) is 3.16. The van der Waals surface area contributed by atoms with Crippen LogP contribution in [0, 0.1) is 0 Å². The van der Waals surface area contributed by atoms with Crippen LogP contribution in [0.5, 0.6) is 0 Å². The molecular formula is C16H16ClF2N. The molecule has 2 aromatic rings. The van der Waals surface area contributed by atoms with Crippen LogP contribution in [0.25, 0.3) is 0 Å². The van der Waals surface area contributed by atoms with Crippen molar-refractivity contribution >= 4 is 11.6 Å². The monoisotopic (exact) mass is 295 g/mol. The minimum atomic E-state index is -2.43. The topological polar surface area (TPSA) is 12.0 Å². The number of benzene rings is 2. The second-order valence-corrected chi connectivity index (χ2v) is 5.14. The van der Waals surface area contributed by atoms with Crippen LogP contribution in [-0.4, -0.2) is 0 Å². The van der Waals surface area contributed by atoms with Crippen molar-refractivity contribution in [3.63, 3.8) is 0 Å². The normalized spacial score (nSPS) is 12.7. The van der Waals surface area contributed by atoms with E-state index in [2.05, 4.69) is 5.32 Å². The molecule has 0 bridgehead atoms. The zero-order valence-corrected chi connectivity index (χ0v) is 11.9. The van der Waals surface area contributed by atoms with E-state index < -0.39 is 6.43 Å². The highest BCUT2D eigenvalue weighted by molar-refractivity contribution is 6.30. The number of hydrogen-bond acceptors (Lipinski definition) is 1. The first kappa shape index (κ1) is 14.9. The molecule has 0 amide bonds. The number of hydrogen-bond donors (Lipinski definition) is 1. The average molecular weight is 296 g/mol. The Hall–Kier alpha value is -1.45. The number of alkyl halides is 2. The van der Waals surface area contributed by atoms with Gasteiger partial charge in [0.05, 0.1) is 0 Å². The Kier molecular flexibility index (Phi) is 5.10. The van der Waals surface area contributed by atoms with Crippen LogP contribution < -0.4 is 5.32 Å². The Balaban J connectivity index is 1.99. The molecule has 0 spiro atoms. The summed E-state index contributed by atoms with van der Waals surface area (Å²) < 4.78 is 25.2. The first-order valence-electron chi connectivity index (χ1n) is 6.42. The third-order valence-corrected chi connectivity index (χ3v) is 3.40. The number of rotatable bonds is 5. The quantitative estimate of drug-likeness (QED) is 0.806. The van der Waals surface area contributed by atoms with Crippen molar-refractivity contribution in [3.05, 3.63) is 70.2 Å². The van der Waals surface area contributed by atoms with E-state index in [0.29, 0.717) is 11.6 Å². The number of halogens is 3. The molecule has 0 aliphatic rings. The zero-order chi connectivity index (χ0) is 14.5. The maximum atomic E-state index is 12.6. The molecule has 0 fully saturated rings. The molecule has 1 N–H and O–H groups in total. The second kappa shape index (κ2) is 6.82. The predicted octanol–water partition coefficient (Wildman–Crippen LogP) is 5.13. The van der Waals surface area contributed by atoms with E-state index in [1.807, 2.05) is 37.3 Å². The fourth-order valence-corrected chi connectivity index (χ4v) is 2.20. The van der Waals surface area contributed by atoms with E-state index >= 15 is 0 Å². The molecule has 2 rings (SSSR count). The summed E-state index contributed by atoms with van der Waals surface area (Å²) >= 11 is 5.95. The van der Waals surface area contributed by atoms with Crippen molar-refractivity contribution in [1.29, 1.82) is 0 Å². The Morgan fingerprint density at radius 1 is 1.05 bits per heavy atom. The maximum Gasteiger partial charge on any atom is 0.263 e. The van der Waals surface area contributed by atoms with Crippen molar-refractivity contribution in [3.8, 4) is 0 Å². The highest BCUT2D eigenvalue weighted by Gasteiger charge is 2.08. The van der Waals surface area contributed by atoms with E-state index in [1.165, 1.54) is 12.1 Å². The van der Waals surface area contributed by atoms with Gasteiger partial charge in [-0.05, 0) is 36.2 Å². The van der Waals surface area contributed by atoms with Crippen LogP contribution in [0.15, 0.2) is 48.5 Å². The molecule has 2 aromatic carbocycles. The van der Waals surface area contributed by atoms with E-state index in [4.69, 9.17) is 11.6 Å². The first-order chi connectivity index (χ1) is 9.56. The Labute approximate surface area is 122 Å². The lowest BCUT2D eigenvalue weighted by Gasteiger charge is -2.15. The van der Waals surface area contributed by atoms with Gasteiger partial charge in [-0.25, -0.2) is 8.78 Å². The lowest BCUT2D eigenvalue weighted by atomic mass is 10.1. The van der Waals surface area contributed by atoms with Crippen LogP contribution in [-0.2, 0) is 6.54 Å². The molecule has 1 nitrogen and oxygen atoms in total. The molecule has 1 unspecified atom stereocenters. The summed E-state index contributed by atoms with van der Waals surface area (Å²) in [5, 5.41) is 4.00. The first-order valence-corrected chi connectivity index (χ1v) is 6.80.